The maximum atomic E-state index is 12.1. The summed E-state index contributed by atoms with van der Waals surface area (Å²) < 4.78 is 32.5. The minimum atomic E-state index is -3.42. The minimum Gasteiger partial charge on any atom is -0.368 e. The Hall–Kier alpha value is -1.44. The van der Waals surface area contributed by atoms with Crippen LogP contribution in [0.15, 0.2) is 30.3 Å². The summed E-state index contributed by atoms with van der Waals surface area (Å²) in [6.07, 6.45) is 3.49. The minimum absolute atomic E-state index is 0.0252. The monoisotopic (exact) mass is 410 g/mol. The highest BCUT2D eigenvalue weighted by Gasteiger charge is 2.31. The van der Waals surface area contributed by atoms with Gasteiger partial charge < -0.3 is 10.1 Å². The number of hydrogen-bond donors (Lipinski definition) is 2. The fourth-order valence-electron chi connectivity index (χ4n) is 3.79. The molecule has 7 heteroatoms. The van der Waals surface area contributed by atoms with E-state index in [0.29, 0.717) is 17.8 Å². The van der Waals surface area contributed by atoms with Crippen LogP contribution in [0.25, 0.3) is 0 Å². The van der Waals surface area contributed by atoms with Crippen LogP contribution >= 0.6 is 0 Å². The molecule has 0 aliphatic heterocycles. The molecular formula is C21H34N2O4S. The molecule has 1 aliphatic rings. The first-order valence-corrected chi connectivity index (χ1v) is 11.8. The van der Waals surface area contributed by atoms with Gasteiger partial charge in [-0.2, -0.15) is 0 Å². The summed E-state index contributed by atoms with van der Waals surface area (Å²) in [4.78, 5) is 12.0. The van der Waals surface area contributed by atoms with Crippen molar-refractivity contribution in [2.45, 2.75) is 51.9 Å². The van der Waals surface area contributed by atoms with Crippen LogP contribution in [0.2, 0.25) is 0 Å². The Morgan fingerprint density at radius 2 is 1.89 bits per heavy atom. The molecule has 0 saturated heterocycles. The second kappa shape index (κ2) is 10.9. The van der Waals surface area contributed by atoms with E-state index in [1.807, 2.05) is 18.2 Å². The Balaban J connectivity index is 1.67. The number of hydrogen-bond acceptors (Lipinski definition) is 4. The summed E-state index contributed by atoms with van der Waals surface area (Å²) in [6.45, 7) is 7.07. The number of sulfonamides is 1. The van der Waals surface area contributed by atoms with Crippen LogP contribution < -0.4 is 10.0 Å². The van der Waals surface area contributed by atoms with E-state index >= 15 is 0 Å². The predicted octanol–water partition coefficient (Wildman–Crippen LogP) is 2.70. The zero-order valence-electron chi connectivity index (χ0n) is 17.2. The average molecular weight is 411 g/mol. The molecule has 0 radical (unpaired) electrons. The second-order valence-electron chi connectivity index (χ2n) is 8.16. The lowest BCUT2D eigenvalue weighted by Crippen LogP contribution is -2.39. The van der Waals surface area contributed by atoms with Crippen molar-refractivity contribution in [3.8, 4) is 0 Å². The lowest BCUT2D eigenvalue weighted by Gasteiger charge is -2.37. The third-order valence-electron chi connectivity index (χ3n) is 5.36. The number of benzene rings is 1. The number of nitrogens with one attached hydrogen (secondary N) is 2. The van der Waals surface area contributed by atoms with E-state index in [4.69, 9.17) is 4.74 Å². The highest BCUT2D eigenvalue weighted by atomic mass is 32.2. The quantitative estimate of drug-likeness (QED) is 0.581. The van der Waals surface area contributed by atoms with E-state index in [2.05, 4.69) is 30.8 Å². The van der Waals surface area contributed by atoms with E-state index in [-0.39, 0.29) is 37.5 Å². The fourth-order valence-corrected chi connectivity index (χ4v) is 4.94. The molecule has 0 bridgehead atoms. The first-order chi connectivity index (χ1) is 13.3. The summed E-state index contributed by atoms with van der Waals surface area (Å²) in [7, 11) is -3.42. The summed E-state index contributed by atoms with van der Waals surface area (Å²) in [5.41, 5.74) is 0.730. The topological polar surface area (TPSA) is 84.5 Å². The molecule has 6 nitrogen and oxygen atoms in total. The van der Waals surface area contributed by atoms with Crippen molar-refractivity contribution < 1.29 is 17.9 Å². The van der Waals surface area contributed by atoms with Gasteiger partial charge >= 0.3 is 0 Å². The Morgan fingerprint density at radius 1 is 1.18 bits per heavy atom. The van der Waals surface area contributed by atoms with Gasteiger partial charge in [0, 0.05) is 13.1 Å². The summed E-state index contributed by atoms with van der Waals surface area (Å²) in [5, 5.41) is 2.72. The number of ether oxygens (including phenoxy) is 1. The van der Waals surface area contributed by atoms with Crippen LogP contribution in [-0.4, -0.2) is 40.1 Å². The van der Waals surface area contributed by atoms with Crippen molar-refractivity contribution >= 4 is 15.9 Å². The molecular weight excluding hydrogens is 376 g/mol. The van der Waals surface area contributed by atoms with Crippen LogP contribution in [0.5, 0.6) is 0 Å². The van der Waals surface area contributed by atoms with Gasteiger partial charge in [0.15, 0.2) is 0 Å². The van der Waals surface area contributed by atoms with Gasteiger partial charge in [-0.25, -0.2) is 13.1 Å². The van der Waals surface area contributed by atoms with Crippen molar-refractivity contribution in [1.29, 1.82) is 0 Å². The highest BCUT2D eigenvalue weighted by Crippen LogP contribution is 2.35. The third kappa shape index (κ3) is 7.89. The van der Waals surface area contributed by atoms with E-state index < -0.39 is 10.0 Å². The van der Waals surface area contributed by atoms with E-state index in [0.717, 1.165) is 18.4 Å². The lowest BCUT2D eigenvalue weighted by atomic mass is 9.75. The normalized spacial score (nSPS) is 22.9. The molecule has 1 saturated carbocycles. The third-order valence-corrected chi connectivity index (χ3v) is 6.72. The van der Waals surface area contributed by atoms with Crippen molar-refractivity contribution in [3.05, 3.63) is 35.9 Å². The zero-order chi connectivity index (χ0) is 20.6. The largest absolute Gasteiger partial charge is 0.368 e. The molecule has 28 heavy (non-hydrogen) atoms. The SMILES string of the molecule is CC1CCC(C(C)C)C(OCC(=O)NCCNS(=O)(=O)Cc2ccccc2)C1. The molecule has 2 N–H and O–H groups in total. The van der Waals surface area contributed by atoms with Crippen molar-refractivity contribution in [2.75, 3.05) is 19.7 Å². The Labute approximate surface area is 169 Å². The molecule has 1 amide bonds. The van der Waals surface area contributed by atoms with Gasteiger partial charge in [0.2, 0.25) is 15.9 Å². The van der Waals surface area contributed by atoms with E-state index in [9.17, 15) is 13.2 Å². The Bertz CT molecular complexity index is 706. The van der Waals surface area contributed by atoms with Gasteiger partial charge in [-0.05, 0) is 36.2 Å². The van der Waals surface area contributed by atoms with Gasteiger partial charge in [-0.15, -0.1) is 0 Å². The van der Waals surface area contributed by atoms with Crippen LogP contribution in [0, 0.1) is 17.8 Å². The first-order valence-electron chi connectivity index (χ1n) is 10.2. The van der Waals surface area contributed by atoms with Crippen LogP contribution in [0.1, 0.15) is 45.6 Å². The van der Waals surface area contributed by atoms with Crippen LogP contribution in [-0.2, 0) is 25.3 Å². The fraction of sp³-hybridized carbons (Fsp3) is 0.667. The van der Waals surface area contributed by atoms with Crippen LogP contribution in [0.3, 0.4) is 0 Å². The number of amides is 1. The number of carbonyl (C=O) groups is 1. The van der Waals surface area contributed by atoms with Gasteiger partial charge in [0.05, 0.1) is 11.9 Å². The predicted molar refractivity (Wildman–Crippen MR) is 111 cm³/mol. The van der Waals surface area contributed by atoms with Crippen molar-refractivity contribution in [1.82, 2.24) is 10.0 Å². The molecule has 0 aromatic heterocycles. The standard InChI is InChI=1S/C21H34N2O4S/c1-16(2)19-10-9-17(3)13-20(19)27-14-21(24)22-11-12-23-28(25,26)15-18-7-5-4-6-8-18/h4-8,16-17,19-20,23H,9-15H2,1-3H3,(H,22,24). The van der Waals surface area contributed by atoms with E-state index in [1.165, 1.54) is 6.42 Å². The maximum Gasteiger partial charge on any atom is 0.246 e. The molecule has 1 aromatic rings. The van der Waals surface area contributed by atoms with Crippen LogP contribution in [0.4, 0.5) is 0 Å². The van der Waals surface area contributed by atoms with Gasteiger partial charge in [0.25, 0.3) is 0 Å². The van der Waals surface area contributed by atoms with Crippen molar-refractivity contribution in [3.63, 3.8) is 0 Å². The molecule has 3 unspecified atom stereocenters. The van der Waals surface area contributed by atoms with Gasteiger partial charge in [-0.1, -0.05) is 57.5 Å². The van der Waals surface area contributed by atoms with Gasteiger partial charge in [-0.3, -0.25) is 4.79 Å². The average Bonchev–Trinajstić information content (AvgIpc) is 2.64. The first kappa shape index (κ1) is 22.8. The summed E-state index contributed by atoms with van der Waals surface area (Å²) in [5.74, 6) is 1.39. The molecule has 0 spiro atoms. The lowest BCUT2D eigenvalue weighted by molar-refractivity contribution is -0.131. The Kier molecular flexibility index (Phi) is 8.92. The zero-order valence-corrected chi connectivity index (χ0v) is 18.0. The molecule has 1 fully saturated rings. The number of rotatable bonds is 10. The molecule has 158 valence electrons. The van der Waals surface area contributed by atoms with Crippen molar-refractivity contribution in [2.24, 2.45) is 17.8 Å². The second-order valence-corrected chi connectivity index (χ2v) is 9.97. The maximum absolute atomic E-state index is 12.1. The summed E-state index contributed by atoms with van der Waals surface area (Å²) >= 11 is 0. The van der Waals surface area contributed by atoms with E-state index in [1.54, 1.807) is 12.1 Å². The molecule has 1 aromatic carbocycles. The molecule has 2 rings (SSSR count). The van der Waals surface area contributed by atoms with Gasteiger partial charge in [0.1, 0.15) is 6.61 Å². The Morgan fingerprint density at radius 3 is 2.57 bits per heavy atom. The smallest absolute Gasteiger partial charge is 0.246 e. The summed E-state index contributed by atoms with van der Waals surface area (Å²) in [6, 6.07) is 9.01. The highest BCUT2D eigenvalue weighted by molar-refractivity contribution is 7.88. The number of carbonyl (C=O) groups excluding carboxylic acids is 1. The molecule has 1 aliphatic carbocycles. The molecule has 3 atom stereocenters. The molecule has 0 heterocycles.